The molecule has 0 spiro atoms. The second-order valence-electron chi connectivity index (χ2n) is 13.6. The third-order valence-electron chi connectivity index (χ3n) is 11.5. The van der Waals surface area contributed by atoms with Crippen LogP contribution in [0.25, 0.3) is 0 Å². The van der Waals surface area contributed by atoms with E-state index in [1.165, 1.54) is 69.8 Å². The summed E-state index contributed by atoms with van der Waals surface area (Å²) in [5, 5.41) is 0. The Kier molecular flexibility index (Phi) is 5.68. The Labute approximate surface area is 188 Å². The molecular weight excluding hydrogens is 360 g/mol. The van der Waals surface area contributed by atoms with Crippen LogP contribution in [0.1, 0.15) is 120 Å². The molecule has 3 saturated carbocycles. The molecule has 0 saturated heterocycles. The van der Waals surface area contributed by atoms with Gasteiger partial charge in [-0.05, 0) is 117 Å². The van der Waals surface area contributed by atoms with Gasteiger partial charge in [-0.15, -0.1) is 0 Å². The van der Waals surface area contributed by atoms with Gasteiger partial charge in [0, 0.05) is 0 Å². The Morgan fingerprint density at radius 3 is 2.47 bits per heavy atom. The van der Waals surface area contributed by atoms with E-state index in [-0.39, 0.29) is 0 Å². The minimum absolute atomic E-state index is 0.445. The fourth-order valence-electron chi connectivity index (χ4n) is 9.59. The Morgan fingerprint density at radius 1 is 1.03 bits per heavy atom. The molecular formula is C30H50. The molecule has 0 radical (unpaired) electrons. The molecule has 4 rings (SSSR count). The van der Waals surface area contributed by atoms with Crippen molar-refractivity contribution >= 4 is 0 Å². The maximum absolute atomic E-state index is 2.80. The largest absolute Gasteiger partial charge is 0.0859 e. The highest BCUT2D eigenvalue weighted by molar-refractivity contribution is 5.33. The first kappa shape index (κ1) is 22.7. The molecule has 0 heterocycles. The van der Waals surface area contributed by atoms with Crippen LogP contribution in [0.4, 0.5) is 0 Å². The SMILES string of the molecule is CC(C)=CCC[C@H](C)[C@@H]1CC[C@]2(C)C3=CC[C@@H]4C(C)(C)CCC[C@]4(C)[C@H]3CC[C@@]12C. The Morgan fingerprint density at radius 2 is 1.77 bits per heavy atom. The third-order valence-corrected chi connectivity index (χ3v) is 11.5. The zero-order chi connectivity index (χ0) is 21.9. The molecule has 7 atom stereocenters. The summed E-state index contributed by atoms with van der Waals surface area (Å²) < 4.78 is 0. The van der Waals surface area contributed by atoms with Crippen molar-refractivity contribution in [1.82, 2.24) is 0 Å². The molecule has 0 aromatic rings. The summed E-state index contributed by atoms with van der Waals surface area (Å²) in [5.41, 5.74) is 5.42. The van der Waals surface area contributed by atoms with Crippen LogP contribution >= 0.6 is 0 Å². The van der Waals surface area contributed by atoms with E-state index < -0.39 is 0 Å². The van der Waals surface area contributed by atoms with Gasteiger partial charge in [-0.3, -0.25) is 0 Å². The fraction of sp³-hybridized carbons (Fsp3) is 0.867. The summed E-state index contributed by atoms with van der Waals surface area (Å²) in [6.07, 6.45) is 19.4. The molecule has 3 fully saturated rings. The third kappa shape index (κ3) is 3.21. The van der Waals surface area contributed by atoms with Crippen LogP contribution < -0.4 is 0 Å². The summed E-state index contributed by atoms with van der Waals surface area (Å²) in [4.78, 5) is 0. The highest BCUT2D eigenvalue weighted by Crippen LogP contribution is 2.73. The van der Waals surface area contributed by atoms with E-state index in [1.54, 1.807) is 0 Å². The lowest BCUT2D eigenvalue weighted by molar-refractivity contribution is -0.0798. The van der Waals surface area contributed by atoms with Crippen LogP contribution in [-0.4, -0.2) is 0 Å². The molecule has 0 aromatic carbocycles. The van der Waals surface area contributed by atoms with Gasteiger partial charge in [0.25, 0.3) is 0 Å². The Bertz CT molecular complexity index is 718. The van der Waals surface area contributed by atoms with Gasteiger partial charge in [0.2, 0.25) is 0 Å². The van der Waals surface area contributed by atoms with E-state index in [2.05, 4.69) is 67.5 Å². The quantitative estimate of drug-likeness (QED) is 0.405. The van der Waals surface area contributed by atoms with E-state index in [0.29, 0.717) is 21.7 Å². The smallest absolute Gasteiger partial charge is 0.00568 e. The van der Waals surface area contributed by atoms with Gasteiger partial charge in [0.05, 0.1) is 0 Å². The highest BCUT2D eigenvalue weighted by atomic mass is 14.7. The number of allylic oxidation sites excluding steroid dienone is 4. The van der Waals surface area contributed by atoms with Crippen LogP contribution in [0.5, 0.6) is 0 Å². The first-order valence-corrected chi connectivity index (χ1v) is 13.3. The molecule has 0 unspecified atom stereocenters. The monoisotopic (exact) mass is 410 g/mol. The van der Waals surface area contributed by atoms with Crippen LogP contribution in [-0.2, 0) is 0 Å². The van der Waals surface area contributed by atoms with Crippen molar-refractivity contribution in [3.63, 3.8) is 0 Å². The van der Waals surface area contributed by atoms with Crippen molar-refractivity contribution in [2.24, 2.45) is 45.3 Å². The summed E-state index contributed by atoms with van der Waals surface area (Å²) in [5.74, 6) is 3.50. The van der Waals surface area contributed by atoms with E-state index in [4.69, 9.17) is 0 Å². The minimum Gasteiger partial charge on any atom is -0.0859 e. The Hall–Kier alpha value is -0.520. The summed E-state index contributed by atoms with van der Waals surface area (Å²) in [6, 6.07) is 0. The first-order valence-electron chi connectivity index (χ1n) is 13.3. The number of hydrogen-bond donors (Lipinski definition) is 0. The van der Waals surface area contributed by atoms with E-state index >= 15 is 0 Å². The van der Waals surface area contributed by atoms with Crippen LogP contribution in [0.15, 0.2) is 23.3 Å². The molecule has 0 heteroatoms. The van der Waals surface area contributed by atoms with Crippen molar-refractivity contribution in [3.8, 4) is 0 Å². The van der Waals surface area contributed by atoms with Crippen LogP contribution in [0, 0.1) is 45.3 Å². The van der Waals surface area contributed by atoms with Gasteiger partial charge in [-0.25, -0.2) is 0 Å². The molecule has 30 heavy (non-hydrogen) atoms. The molecule has 170 valence electrons. The van der Waals surface area contributed by atoms with Crippen molar-refractivity contribution in [1.29, 1.82) is 0 Å². The highest BCUT2D eigenvalue weighted by Gasteiger charge is 2.64. The topological polar surface area (TPSA) is 0 Å². The van der Waals surface area contributed by atoms with Crippen molar-refractivity contribution in [3.05, 3.63) is 23.3 Å². The molecule has 0 bridgehead atoms. The van der Waals surface area contributed by atoms with Gasteiger partial charge in [0.15, 0.2) is 0 Å². The molecule has 4 aliphatic rings. The van der Waals surface area contributed by atoms with E-state index in [9.17, 15) is 0 Å². The maximum atomic E-state index is 2.80. The first-order chi connectivity index (χ1) is 14.0. The standard InChI is InChI=1S/C30H50/c1-21(2)11-9-12-22(3)23-15-19-30(8)25-13-14-26-27(4,5)17-10-18-28(26,6)24(25)16-20-29(23,30)7/h11,13,22-24,26H,9-10,12,14-20H2,1-8H3/t22-,23-,24-,26+,28+,29-,30+/m0/s1. The van der Waals surface area contributed by atoms with Crippen LogP contribution in [0.2, 0.25) is 0 Å². The molecule has 0 aromatic heterocycles. The zero-order valence-corrected chi connectivity index (χ0v) is 21.5. The summed E-state index contributed by atoms with van der Waals surface area (Å²) >= 11 is 0. The second kappa shape index (κ2) is 7.52. The molecule has 0 N–H and O–H groups in total. The normalized spacial score (nSPS) is 45.6. The lowest BCUT2D eigenvalue weighted by atomic mass is 9.41. The number of rotatable bonds is 4. The average molecular weight is 411 g/mol. The molecule has 0 nitrogen and oxygen atoms in total. The predicted molar refractivity (Wildman–Crippen MR) is 131 cm³/mol. The minimum atomic E-state index is 0.445. The van der Waals surface area contributed by atoms with Gasteiger partial charge >= 0.3 is 0 Å². The van der Waals surface area contributed by atoms with Gasteiger partial charge in [-0.1, -0.05) is 71.3 Å². The maximum Gasteiger partial charge on any atom is -0.00568 e. The van der Waals surface area contributed by atoms with Crippen LogP contribution in [0.3, 0.4) is 0 Å². The van der Waals surface area contributed by atoms with Gasteiger partial charge in [0.1, 0.15) is 0 Å². The Balaban J connectivity index is 1.62. The van der Waals surface area contributed by atoms with Crippen molar-refractivity contribution in [2.75, 3.05) is 0 Å². The second-order valence-corrected chi connectivity index (χ2v) is 13.6. The fourth-order valence-corrected chi connectivity index (χ4v) is 9.59. The molecule has 0 aliphatic heterocycles. The van der Waals surface area contributed by atoms with Gasteiger partial charge in [-0.2, -0.15) is 0 Å². The van der Waals surface area contributed by atoms with E-state index in [0.717, 1.165) is 23.7 Å². The van der Waals surface area contributed by atoms with E-state index in [1.807, 2.05) is 5.57 Å². The van der Waals surface area contributed by atoms with Gasteiger partial charge < -0.3 is 0 Å². The molecule has 4 aliphatic carbocycles. The lowest BCUT2D eigenvalue weighted by Crippen LogP contribution is -2.55. The summed E-state index contributed by atoms with van der Waals surface area (Å²) in [6.45, 7) is 20.3. The zero-order valence-electron chi connectivity index (χ0n) is 21.5. The summed E-state index contributed by atoms with van der Waals surface area (Å²) in [7, 11) is 0. The predicted octanol–water partition coefficient (Wildman–Crippen LogP) is 9.36. The number of hydrogen-bond acceptors (Lipinski definition) is 0. The average Bonchev–Trinajstić information content (AvgIpc) is 2.92. The number of fused-ring (bicyclic) bond motifs is 5. The van der Waals surface area contributed by atoms with Crippen molar-refractivity contribution in [2.45, 2.75) is 120 Å². The lowest BCUT2D eigenvalue weighted by Gasteiger charge is -2.63. The van der Waals surface area contributed by atoms with Crippen molar-refractivity contribution < 1.29 is 0 Å². The molecule has 0 amide bonds.